The topological polar surface area (TPSA) is 42.3 Å². The van der Waals surface area contributed by atoms with Gasteiger partial charge in [-0.2, -0.15) is 0 Å². The fourth-order valence-electron chi connectivity index (χ4n) is 4.08. The van der Waals surface area contributed by atoms with Gasteiger partial charge in [0.05, 0.1) is 24.8 Å². The highest BCUT2D eigenvalue weighted by atomic mass is 16.5. The Morgan fingerprint density at radius 1 is 1.25 bits per heavy atom. The number of imidazole rings is 1. The predicted molar refractivity (Wildman–Crippen MR) is 76.7 cm³/mol. The number of nitrogens with zero attached hydrogens (tertiary/aromatic N) is 3. The summed E-state index contributed by atoms with van der Waals surface area (Å²) in [6, 6.07) is 1.41. The van der Waals surface area contributed by atoms with E-state index in [0.29, 0.717) is 6.04 Å². The van der Waals surface area contributed by atoms with Crippen molar-refractivity contribution in [2.45, 2.75) is 43.9 Å². The molecule has 1 aromatic heterocycles. The Bertz CT molecular complexity index is 454. The van der Waals surface area contributed by atoms with E-state index < -0.39 is 0 Å². The van der Waals surface area contributed by atoms with Crippen molar-refractivity contribution in [1.29, 1.82) is 0 Å². The minimum atomic E-state index is 0.174. The van der Waals surface area contributed by atoms with Crippen molar-refractivity contribution in [3.63, 3.8) is 0 Å². The Labute approximate surface area is 120 Å². The third kappa shape index (κ3) is 2.28. The first-order valence-corrected chi connectivity index (χ1v) is 8.00. The maximum absolute atomic E-state index is 5.91. The molecule has 3 unspecified atom stereocenters. The van der Waals surface area contributed by atoms with Crippen molar-refractivity contribution >= 4 is 0 Å². The second-order valence-corrected chi connectivity index (χ2v) is 6.30. The van der Waals surface area contributed by atoms with Gasteiger partial charge in [-0.3, -0.25) is 0 Å². The van der Waals surface area contributed by atoms with Crippen LogP contribution in [-0.4, -0.2) is 53.3 Å². The lowest BCUT2D eigenvalue weighted by Gasteiger charge is -2.37. The SMILES string of the molecule is c1ncn(C2CCN3CCCC3C2)c1C1CNCCO1. The van der Waals surface area contributed by atoms with Crippen LogP contribution < -0.4 is 5.32 Å². The highest BCUT2D eigenvalue weighted by molar-refractivity contribution is 5.07. The van der Waals surface area contributed by atoms with Crippen molar-refractivity contribution in [1.82, 2.24) is 19.8 Å². The van der Waals surface area contributed by atoms with Crippen molar-refractivity contribution < 1.29 is 4.74 Å². The lowest BCUT2D eigenvalue weighted by molar-refractivity contribution is 0.0204. The van der Waals surface area contributed by atoms with Gasteiger partial charge in [0.25, 0.3) is 0 Å². The molecule has 4 rings (SSSR count). The summed E-state index contributed by atoms with van der Waals surface area (Å²) in [7, 11) is 0. The van der Waals surface area contributed by atoms with Gasteiger partial charge in [0.15, 0.2) is 0 Å². The number of rotatable bonds is 2. The third-order valence-corrected chi connectivity index (χ3v) is 5.14. The van der Waals surface area contributed by atoms with Crippen LogP contribution in [0.2, 0.25) is 0 Å². The van der Waals surface area contributed by atoms with Gasteiger partial charge in [0.1, 0.15) is 6.10 Å². The molecule has 5 nitrogen and oxygen atoms in total. The van der Waals surface area contributed by atoms with E-state index in [9.17, 15) is 0 Å². The van der Waals surface area contributed by atoms with Crippen LogP contribution in [0.3, 0.4) is 0 Å². The Hall–Kier alpha value is -0.910. The van der Waals surface area contributed by atoms with Crippen LogP contribution in [-0.2, 0) is 4.74 Å². The molecule has 1 N–H and O–H groups in total. The lowest BCUT2D eigenvalue weighted by Crippen LogP contribution is -2.40. The van der Waals surface area contributed by atoms with Crippen LogP contribution in [0, 0.1) is 0 Å². The van der Waals surface area contributed by atoms with E-state index in [2.05, 4.69) is 19.8 Å². The normalized spacial score (nSPS) is 35.1. The largest absolute Gasteiger partial charge is 0.369 e. The van der Waals surface area contributed by atoms with Crippen LogP contribution in [0.25, 0.3) is 0 Å². The fraction of sp³-hybridized carbons (Fsp3) is 0.800. The molecular formula is C15H24N4O. The molecule has 0 spiro atoms. The zero-order valence-corrected chi connectivity index (χ0v) is 12.0. The van der Waals surface area contributed by atoms with E-state index in [0.717, 1.165) is 25.7 Å². The number of piperidine rings is 1. The molecule has 3 fully saturated rings. The molecule has 0 saturated carbocycles. The lowest BCUT2D eigenvalue weighted by atomic mass is 9.97. The van der Waals surface area contributed by atoms with E-state index in [-0.39, 0.29) is 6.10 Å². The van der Waals surface area contributed by atoms with Crippen molar-refractivity contribution in [2.24, 2.45) is 0 Å². The van der Waals surface area contributed by atoms with Crippen LogP contribution in [0.1, 0.15) is 43.5 Å². The molecule has 0 aliphatic carbocycles. The molecule has 3 saturated heterocycles. The Kier molecular flexibility index (Phi) is 3.50. The van der Waals surface area contributed by atoms with Gasteiger partial charge in [0, 0.05) is 31.7 Å². The summed E-state index contributed by atoms with van der Waals surface area (Å²) in [4.78, 5) is 7.07. The summed E-state index contributed by atoms with van der Waals surface area (Å²) >= 11 is 0. The van der Waals surface area contributed by atoms with E-state index in [1.807, 2.05) is 12.5 Å². The van der Waals surface area contributed by atoms with Crippen molar-refractivity contribution in [3.8, 4) is 0 Å². The van der Waals surface area contributed by atoms with E-state index in [1.54, 1.807) is 0 Å². The van der Waals surface area contributed by atoms with Gasteiger partial charge in [-0.1, -0.05) is 0 Å². The van der Waals surface area contributed by atoms with Gasteiger partial charge in [0.2, 0.25) is 0 Å². The summed E-state index contributed by atoms with van der Waals surface area (Å²) < 4.78 is 8.30. The average Bonchev–Trinajstić information content (AvgIpc) is 3.16. The van der Waals surface area contributed by atoms with Gasteiger partial charge in [-0.15, -0.1) is 0 Å². The Morgan fingerprint density at radius 3 is 3.15 bits per heavy atom. The summed E-state index contributed by atoms with van der Waals surface area (Å²) in [5.74, 6) is 0. The monoisotopic (exact) mass is 276 g/mol. The second kappa shape index (κ2) is 5.47. The highest BCUT2D eigenvalue weighted by Crippen LogP contribution is 2.35. The van der Waals surface area contributed by atoms with E-state index in [4.69, 9.17) is 4.74 Å². The molecule has 5 heteroatoms. The second-order valence-electron chi connectivity index (χ2n) is 6.30. The molecule has 3 aliphatic rings. The summed E-state index contributed by atoms with van der Waals surface area (Å²) in [6.45, 7) is 5.23. The summed E-state index contributed by atoms with van der Waals surface area (Å²) in [6.07, 6.45) is 9.48. The molecule has 1 aromatic rings. The number of hydrogen-bond donors (Lipinski definition) is 1. The van der Waals surface area contributed by atoms with Crippen LogP contribution in [0.4, 0.5) is 0 Å². The predicted octanol–water partition coefficient (Wildman–Crippen LogP) is 1.34. The molecule has 3 aliphatic heterocycles. The quantitative estimate of drug-likeness (QED) is 0.885. The minimum absolute atomic E-state index is 0.174. The fourth-order valence-corrected chi connectivity index (χ4v) is 4.08. The zero-order valence-electron chi connectivity index (χ0n) is 12.0. The zero-order chi connectivity index (χ0) is 13.4. The first-order valence-electron chi connectivity index (χ1n) is 8.00. The third-order valence-electron chi connectivity index (χ3n) is 5.14. The molecule has 0 bridgehead atoms. The van der Waals surface area contributed by atoms with Crippen LogP contribution in [0.5, 0.6) is 0 Å². The van der Waals surface area contributed by atoms with Crippen molar-refractivity contribution in [2.75, 3.05) is 32.8 Å². The summed E-state index contributed by atoms with van der Waals surface area (Å²) in [5, 5.41) is 3.42. The van der Waals surface area contributed by atoms with E-state index in [1.165, 1.54) is 44.5 Å². The van der Waals surface area contributed by atoms with Crippen LogP contribution in [0.15, 0.2) is 12.5 Å². The van der Waals surface area contributed by atoms with Crippen molar-refractivity contribution in [3.05, 3.63) is 18.2 Å². The molecule has 4 heterocycles. The molecule has 0 amide bonds. The van der Waals surface area contributed by atoms with Gasteiger partial charge < -0.3 is 19.5 Å². The highest BCUT2D eigenvalue weighted by Gasteiger charge is 2.33. The number of fused-ring (bicyclic) bond motifs is 1. The molecule has 3 atom stereocenters. The molecule has 0 aromatic carbocycles. The number of morpholine rings is 1. The Balaban J connectivity index is 1.52. The van der Waals surface area contributed by atoms with Gasteiger partial charge in [-0.05, 0) is 32.2 Å². The minimum Gasteiger partial charge on any atom is -0.369 e. The summed E-state index contributed by atoms with van der Waals surface area (Å²) in [5.41, 5.74) is 1.26. The van der Waals surface area contributed by atoms with Gasteiger partial charge in [-0.25, -0.2) is 4.98 Å². The molecule has 110 valence electrons. The molecule has 20 heavy (non-hydrogen) atoms. The maximum Gasteiger partial charge on any atom is 0.111 e. The van der Waals surface area contributed by atoms with E-state index >= 15 is 0 Å². The smallest absolute Gasteiger partial charge is 0.111 e. The molecule has 0 radical (unpaired) electrons. The Morgan fingerprint density at radius 2 is 2.25 bits per heavy atom. The first-order chi connectivity index (χ1) is 9.92. The standard InChI is InChI=1S/C15H24N4O/c1-2-12-8-13(3-6-18(12)5-1)19-11-17-9-14(19)15-10-16-4-7-20-15/h9,11-13,15-16H,1-8,10H2. The number of nitrogens with one attached hydrogen (secondary N) is 1. The van der Waals surface area contributed by atoms with Crippen LogP contribution >= 0.6 is 0 Å². The molecular weight excluding hydrogens is 252 g/mol. The van der Waals surface area contributed by atoms with Gasteiger partial charge >= 0.3 is 0 Å². The maximum atomic E-state index is 5.91. The average molecular weight is 276 g/mol. The number of hydrogen-bond acceptors (Lipinski definition) is 4. The first kappa shape index (κ1) is 12.8. The number of ether oxygens (including phenoxy) is 1. The number of aromatic nitrogens is 2.